The van der Waals surface area contributed by atoms with Gasteiger partial charge in [0.05, 0.1) is 16.6 Å². The van der Waals surface area contributed by atoms with Gasteiger partial charge in [-0.15, -0.1) is 0 Å². The third-order valence-electron chi connectivity index (χ3n) is 5.55. The summed E-state index contributed by atoms with van der Waals surface area (Å²) in [7, 11) is -3.46. The molecule has 0 saturated heterocycles. The van der Waals surface area contributed by atoms with Crippen molar-refractivity contribution in [3.8, 4) is 11.1 Å². The number of alkyl halides is 5. The monoisotopic (exact) mass is 531 g/mol. The van der Waals surface area contributed by atoms with E-state index < -0.39 is 57.4 Å². The first-order chi connectivity index (χ1) is 16.7. The Bertz CT molecular complexity index is 1440. The molecular weight excluding hydrogens is 515 g/mol. The van der Waals surface area contributed by atoms with Gasteiger partial charge in [0.15, 0.2) is 15.7 Å². The Morgan fingerprint density at radius 2 is 1.58 bits per heavy atom. The fourth-order valence-electron chi connectivity index (χ4n) is 3.71. The van der Waals surface area contributed by atoms with E-state index in [0.717, 1.165) is 18.4 Å². The van der Waals surface area contributed by atoms with Crippen LogP contribution in [0.5, 0.6) is 0 Å². The van der Waals surface area contributed by atoms with Crippen LogP contribution in [0.15, 0.2) is 70.9 Å². The number of hydrogen-bond acceptors (Lipinski definition) is 5. The molecular formula is C23H16F7N3O2S. The summed E-state index contributed by atoms with van der Waals surface area (Å²) in [6, 6.07) is 7.92. The molecule has 2 heterocycles. The van der Waals surface area contributed by atoms with Crippen LogP contribution < -0.4 is 5.01 Å². The van der Waals surface area contributed by atoms with E-state index in [9.17, 15) is 39.2 Å². The van der Waals surface area contributed by atoms with Gasteiger partial charge >= 0.3 is 12.1 Å². The normalized spacial score (nSPS) is 16.8. The Morgan fingerprint density at radius 3 is 2.17 bits per heavy atom. The van der Waals surface area contributed by atoms with Gasteiger partial charge in [0, 0.05) is 36.7 Å². The maximum atomic E-state index is 14.5. The molecule has 4 rings (SSSR count). The molecule has 0 N–H and O–H groups in total. The molecule has 5 nitrogen and oxygen atoms in total. The number of halogens is 7. The largest absolute Gasteiger partial charge is 0.459 e. The molecule has 1 aromatic heterocycles. The van der Waals surface area contributed by atoms with E-state index in [1.165, 1.54) is 42.7 Å². The van der Waals surface area contributed by atoms with Crippen molar-refractivity contribution in [2.24, 2.45) is 5.10 Å². The second-order valence-corrected chi connectivity index (χ2v) is 10.1. The zero-order valence-corrected chi connectivity index (χ0v) is 19.1. The van der Waals surface area contributed by atoms with Crippen molar-refractivity contribution < 1.29 is 39.2 Å². The molecule has 190 valence electrons. The Labute approximate surface area is 200 Å². The summed E-state index contributed by atoms with van der Waals surface area (Å²) in [4.78, 5) is 4.07. The highest BCUT2D eigenvalue weighted by Gasteiger charge is 2.63. The van der Waals surface area contributed by atoms with E-state index >= 15 is 0 Å². The first kappa shape index (κ1) is 25.6. The summed E-state index contributed by atoms with van der Waals surface area (Å²) in [5.74, 6) is -7.47. The van der Waals surface area contributed by atoms with Crippen LogP contribution in [-0.2, 0) is 9.84 Å². The average molecular weight is 531 g/mol. The molecule has 1 aliphatic rings. The predicted octanol–water partition coefficient (Wildman–Crippen LogP) is 5.94. The van der Waals surface area contributed by atoms with Gasteiger partial charge in [0.25, 0.3) is 0 Å². The van der Waals surface area contributed by atoms with Crippen LogP contribution in [0.4, 0.5) is 36.4 Å². The molecule has 1 unspecified atom stereocenters. The average Bonchev–Trinajstić information content (AvgIpc) is 3.24. The number of aromatic nitrogens is 1. The number of hydrazone groups is 1. The van der Waals surface area contributed by atoms with Gasteiger partial charge in [0.2, 0.25) is 0 Å². The van der Waals surface area contributed by atoms with E-state index in [-0.39, 0.29) is 10.5 Å². The third kappa shape index (κ3) is 4.79. The van der Waals surface area contributed by atoms with Crippen molar-refractivity contribution in [2.75, 3.05) is 11.3 Å². The molecule has 36 heavy (non-hydrogen) atoms. The number of hydrogen-bond donors (Lipinski definition) is 0. The van der Waals surface area contributed by atoms with Gasteiger partial charge in [-0.3, -0.25) is 9.99 Å². The van der Waals surface area contributed by atoms with Crippen molar-refractivity contribution in [1.82, 2.24) is 4.98 Å². The Kier molecular flexibility index (Phi) is 6.31. The fraction of sp³-hybridized carbons (Fsp3) is 0.217. The molecule has 0 radical (unpaired) electrons. The molecule has 0 bridgehead atoms. The van der Waals surface area contributed by atoms with Crippen molar-refractivity contribution >= 4 is 21.2 Å². The summed E-state index contributed by atoms with van der Waals surface area (Å²) in [5, 5.41) is 4.06. The minimum absolute atomic E-state index is 0.0524. The topological polar surface area (TPSA) is 62.6 Å². The zero-order chi connectivity index (χ0) is 26.5. The minimum Gasteiger partial charge on any atom is -0.264 e. The molecule has 3 aromatic rings. The SMILES string of the molecule is CS(=O)(=O)c1ccc(-c2cncc(C3CC(C(F)(F)C(F)(F)F)=NN3c3ccc(F)cc3F)c2)cc1. The fourth-order valence-corrected chi connectivity index (χ4v) is 4.34. The van der Waals surface area contributed by atoms with E-state index in [1.807, 2.05) is 0 Å². The van der Waals surface area contributed by atoms with Crippen molar-refractivity contribution in [2.45, 2.75) is 29.5 Å². The molecule has 13 heteroatoms. The highest BCUT2D eigenvalue weighted by molar-refractivity contribution is 7.90. The molecule has 0 saturated carbocycles. The standard InChI is InChI=1S/C23H16F7N3O2S/c1-36(34,35)17-5-2-13(3-6-17)14-8-15(12-31-11-14)20-10-21(22(26,27)23(28,29)30)32-33(20)19-7-4-16(24)9-18(19)25/h2-9,11-12,20H,10H2,1H3. The third-order valence-corrected chi connectivity index (χ3v) is 6.67. The second-order valence-electron chi connectivity index (χ2n) is 8.08. The molecule has 0 spiro atoms. The van der Waals surface area contributed by atoms with Crippen molar-refractivity contribution in [3.05, 3.63) is 78.1 Å². The van der Waals surface area contributed by atoms with Crippen LogP contribution in [0.1, 0.15) is 18.0 Å². The Morgan fingerprint density at radius 1 is 0.917 bits per heavy atom. The molecule has 0 amide bonds. The summed E-state index contributed by atoms with van der Waals surface area (Å²) >= 11 is 0. The van der Waals surface area contributed by atoms with E-state index in [0.29, 0.717) is 22.2 Å². The number of benzene rings is 2. The van der Waals surface area contributed by atoms with Crippen LogP contribution in [0.3, 0.4) is 0 Å². The van der Waals surface area contributed by atoms with Gasteiger partial charge in [-0.05, 0) is 41.5 Å². The number of sulfone groups is 1. The van der Waals surface area contributed by atoms with E-state index in [1.54, 1.807) is 0 Å². The minimum atomic E-state index is -5.94. The summed E-state index contributed by atoms with van der Waals surface area (Å²) in [6.45, 7) is 0. The first-order valence-corrected chi connectivity index (χ1v) is 12.1. The number of nitrogens with zero attached hydrogens (tertiary/aromatic N) is 3. The summed E-state index contributed by atoms with van der Waals surface area (Å²) in [6.07, 6.45) is -3.24. The van der Waals surface area contributed by atoms with Gasteiger partial charge in [0.1, 0.15) is 11.5 Å². The maximum absolute atomic E-state index is 14.5. The van der Waals surface area contributed by atoms with E-state index in [2.05, 4.69) is 10.1 Å². The highest BCUT2D eigenvalue weighted by Crippen LogP contribution is 2.45. The lowest BCUT2D eigenvalue weighted by molar-refractivity contribution is -0.249. The molecule has 1 aliphatic heterocycles. The summed E-state index contributed by atoms with van der Waals surface area (Å²) < 4.78 is 119. The lowest BCUT2D eigenvalue weighted by atomic mass is 9.97. The quantitative estimate of drug-likeness (QED) is 0.383. The number of rotatable bonds is 5. The molecule has 1 atom stereocenters. The second kappa shape index (κ2) is 8.87. The van der Waals surface area contributed by atoms with Crippen LogP contribution in [-0.4, -0.2) is 37.5 Å². The van der Waals surface area contributed by atoms with Crippen molar-refractivity contribution in [3.63, 3.8) is 0 Å². The Balaban J connectivity index is 1.77. The van der Waals surface area contributed by atoms with Crippen LogP contribution >= 0.6 is 0 Å². The molecule has 2 aromatic carbocycles. The van der Waals surface area contributed by atoms with Gasteiger partial charge in [-0.2, -0.15) is 27.1 Å². The van der Waals surface area contributed by atoms with Gasteiger partial charge < -0.3 is 0 Å². The number of anilines is 1. The van der Waals surface area contributed by atoms with Gasteiger partial charge in [-0.25, -0.2) is 17.2 Å². The lowest BCUT2D eigenvalue weighted by Crippen LogP contribution is -2.43. The van der Waals surface area contributed by atoms with Gasteiger partial charge in [-0.1, -0.05) is 12.1 Å². The van der Waals surface area contributed by atoms with E-state index in [4.69, 9.17) is 0 Å². The summed E-state index contributed by atoms with van der Waals surface area (Å²) in [5.41, 5.74) is -1.04. The van der Waals surface area contributed by atoms with Crippen LogP contribution in [0, 0.1) is 11.6 Å². The van der Waals surface area contributed by atoms with Crippen LogP contribution in [0.25, 0.3) is 11.1 Å². The Hall–Kier alpha value is -3.48. The van der Waals surface area contributed by atoms with Crippen molar-refractivity contribution in [1.29, 1.82) is 0 Å². The number of pyridine rings is 1. The zero-order valence-electron chi connectivity index (χ0n) is 18.3. The van der Waals surface area contributed by atoms with Crippen LogP contribution in [0.2, 0.25) is 0 Å². The highest BCUT2D eigenvalue weighted by atomic mass is 32.2. The molecule has 0 fully saturated rings. The predicted molar refractivity (Wildman–Crippen MR) is 117 cm³/mol. The lowest BCUT2D eigenvalue weighted by Gasteiger charge is -2.24. The smallest absolute Gasteiger partial charge is 0.264 e. The first-order valence-electron chi connectivity index (χ1n) is 10.2. The maximum Gasteiger partial charge on any atom is 0.459 e. The molecule has 0 aliphatic carbocycles.